The zero-order valence-electron chi connectivity index (χ0n) is 8.06. The van der Waals surface area contributed by atoms with Gasteiger partial charge in [-0.15, -0.1) is 4.59 Å². The van der Waals surface area contributed by atoms with Crippen molar-refractivity contribution in [1.29, 1.82) is 0 Å². The summed E-state index contributed by atoms with van der Waals surface area (Å²) in [6, 6.07) is 0. The number of ketones is 1. The van der Waals surface area contributed by atoms with Crippen LogP contribution in [0.4, 0.5) is 0 Å². The van der Waals surface area contributed by atoms with Crippen LogP contribution in [-0.4, -0.2) is 29.2 Å². The van der Waals surface area contributed by atoms with Gasteiger partial charge >= 0.3 is 0 Å². The van der Waals surface area contributed by atoms with Gasteiger partial charge in [0, 0.05) is 5.22 Å². The van der Waals surface area contributed by atoms with E-state index in [1.807, 2.05) is 20.2 Å². The van der Waals surface area contributed by atoms with E-state index in [1.165, 1.54) is 0 Å². The number of carbonyl (C=O) groups excluding carboxylic acids is 1. The fraction of sp³-hybridized carbons (Fsp3) is 0.625. The molecule has 4 nitrogen and oxygen atoms in total. The maximum absolute atomic E-state index is 11.4. The first-order valence-corrected chi connectivity index (χ1v) is 4.63. The number of carbonyl (C=O) groups is 1. The van der Waals surface area contributed by atoms with Gasteiger partial charge in [-0.05, 0) is 13.8 Å². The molecule has 0 bridgehead atoms. The van der Waals surface area contributed by atoms with E-state index in [0.29, 0.717) is 6.54 Å². The van der Waals surface area contributed by atoms with Crippen molar-refractivity contribution in [3.8, 4) is 0 Å². The maximum atomic E-state index is 11.4. The molecule has 0 radical (unpaired) electrons. The first-order chi connectivity index (χ1) is 5.93. The highest BCUT2D eigenvalue weighted by Gasteiger charge is 2.29. The Balaban J connectivity index is 2.65. The lowest BCUT2D eigenvalue weighted by Gasteiger charge is -2.17. The molecule has 0 spiro atoms. The van der Waals surface area contributed by atoms with Crippen LogP contribution in [0.5, 0.6) is 0 Å². The van der Waals surface area contributed by atoms with Gasteiger partial charge in [-0.25, -0.2) is 0 Å². The minimum atomic E-state index is -0.237. The van der Waals surface area contributed by atoms with Crippen molar-refractivity contribution in [2.45, 2.75) is 19.1 Å². The Morgan fingerprint density at radius 1 is 1.77 bits per heavy atom. The molecular formula is C8H14N3OS+. The Hall–Kier alpha value is -0.680. The molecule has 1 aliphatic heterocycles. The van der Waals surface area contributed by atoms with Crippen LogP contribution in [0.25, 0.3) is 0 Å². The number of nitrogens with zero attached hydrogens (tertiary/aromatic N) is 3. The third-order valence-electron chi connectivity index (χ3n) is 1.81. The zero-order valence-corrected chi connectivity index (χ0v) is 8.95. The molecule has 1 aliphatic rings. The summed E-state index contributed by atoms with van der Waals surface area (Å²) in [5.41, 5.74) is 0.849. The van der Waals surface area contributed by atoms with Gasteiger partial charge in [-0.1, -0.05) is 5.11 Å². The molecule has 1 rings (SSSR count). The molecule has 0 N–H and O–H groups in total. The van der Waals surface area contributed by atoms with Crippen LogP contribution in [0.15, 0.2) is 22.2 Å². The summed E-state index contributed by atoms with van der Waals surface area (Å²) in [4.78, 5) is 11.4. The standard InChI is InChI=1S/C8H13N3OS/c1-6-4-11(3,10-9-6)5-8(12)7(2)13/h4,7H,5H2,1-3H3/p+1. The van der Waals surface area contributed by atoms with Crippen LogP contribution in [0.1, 0.15) is 13.8 Å². The van der Waals surface area contributed by atoms with Crippen molar-refractivity contribution in [3.63, 3.8) is 0 Å². The number of hydrogen-bond acceptors (Lipinski definition) is 4. The van der Waals surface area contributed by atoms with Gasteiger partial charge in [0.15, 0.2) is 6.54 Å². The van der Waals surface area contributed by atoms with E-state index in [4.69, 9.17) is 0 Å². The lowest BCUT2D eigenvalue weighted by atomic mass is 10.3. The summed E-state index contributed by atoms with van der Waals surface area (Å²) in [5.74, 6) is 0.0794. The highest BCUT2D eigenvalue weighted by Crippen LogP contribution is 2.18. The van der Waals surface area contributed by atoms with Gasteiger partial charge in [-0.2, -0.15) is 12.6 Å². The van der Waals surface area contributed by atoms with Crippen molar-refractivity contribution < 1.29 is 9.39 Å². The van der Waals surface area contributed by atoms with Gasteiger partial charge in [-0.3, -0.25) is 4.79 Å². The second kappa shape index (κ2) is 3.59. The van der Waals surface area contributed by atoms with Gasteiger partial charge < -0.3 is 0 Å². The van der Waals surface area contributed by atoms with E-state index < -0.39 is 0 Å². The second-order valence-electron chi connectivity index (χ2n) is 3.47. The SMILES string of the molecule is CC1=C[N+](C)(CC(=O)C(C)S)N=N1. The predicted octanol–water partition coefficient (Wildman–Crippen LogP) is 1.56. The molecule has 13 heavy (non-hydrogen) atoms. The molecule has 1 heterocycles. The third kappa shape index (κ3) is 2.63. The third-order valence-corrected chi connectivity index (χ3v) is 2.10. The lowest BCUT2D eigenvalue weighted by molar-refractivity contribution is -0.859. The van der Waals surface area contributed by atoms with Gasteiger partial charge in [0.05, 0.1) is 12.3 Å². The largest absolute Gasteiger partial charge is 0.292 e. The Morgan fingerprint density at radius 2 is 2.38 bits per heavy atom. The first kappa shape index (κ1) is 10.4. The zero-order chi connectivity index (χ0) is 10.1. The van der Waals surface area contributed by atoms with Crippen LogP contribution in [0.2, 0.25) is 0 Å². The molecule has 0 aromatic rings. The molecule has 2 atom stereocenters. The topological polar surface area (TPSA) is 41.8 Å². The van der Waals surface area contributed by atoms with Crippen LogP contribution in [-0.2, 0) is 4.79 Å². The van der Waals surface area contributed by atoms with Crippen molar-refractivity contribution in [1.82, 2.24) is 0 Å². The van der Waals surface area contributed by atoms with Crippen molar-refractivity contribution in [2.24, 2.45) is 10.3 Å². The molecule has 0 aliphatic carbocycles. The smallest absolute Gasteiger partial charge is 0.202 e. The molecule has 0 aromatic heterocycles. The minimum Gasteiger partial charge on any atom is -0.292 e. The first-order valence-electron chi connectivity index (χ1n) is 4.12. The summed E-state index contributed by atoms with van der Waals surface area (Å²) in [6.07, 6.45) is 1.86. The Kier molecular flexibility index (Phi) is 2.87. The molecular weight excluding hydrogens is 186 g/mol. The Bertz CT molecular complexity index is 285. The Morgan fingerprint density at radius 3 is 2.77 bits per heavy atom. The summed E-state index contributed by atoms with van der Waals surface area (Å²) in [6.45, 7) is 3.95. The number of Topliss-reactive ketones (excluding diaryl/α,β-unsaturated/α-hetero) is 1. The normalized spacial score (nSPS) is 28.8. The lowest BCUT2D eigenvalue weighted by Crippen LogP contribution is -2.38. The van der Waals surface area contributed by atoms with Crippen LogP contribution < -0.4 is 0 Å². The summed E-state index contributed by atoms with van der Waals surface area (Å²) < 4.78 is 0.218. The van der Waals surface area contributed by atoms with Gasteiger partial charge in [0.1, 0.15) is 11.9 Å². The van der Waals surface area contributed by atoms with Crippen LogP contribution in [0.3, 0.4) is 0 Å². The van der Waals surface area contributed by atoms with Crippen molar-refractivity contribution in [2.75, 3.05) is 13.6 Å². The van der Waals surface area contributed by atoms with E-state index in [0.717, 1.165) is 5.70 Å². The predicted molar refractivity (Wildman–Crippen MR) is 53.1 cm³/mol. The molecule has 0 aromatic carbocycles. The van der Waals surface area contributed by atoms with Crippen LogP contribution >= 0.6 is 12.6 Å². The molecule has 0 amide bonds. The number of thiol groups is 1. The van der Waals surface area contributed by atoms with Crippen molar-refractivity contribution in [3.05, 3.63) is 11.9 Å². The average Bonchev–Trinajstić information content (AvgIpc) is 2.30. The number of allylic oxidation sites excluding steroid dienone is 1. The van der Waals surface area contributed by atoms with E-state index in [9.17, 15) is 4.79 Å². The summed E-state index contributed by atoms with van der Waals surface area (Å²) >= 11 is 4.07. The monoisotopic (exact) mass is 200 g/mol. The van der Waals surface area contributed by atoms with E-state index in [1.54, 1.807) is 6.92 Å². The van der Waals surface area contributed by atoms with Gasteiger partial charge in [0.2, 0.25) is 5.78 Å². The summed E-state index contributed by atoms with van der Waals surface area (Å²) in [7, 11) is 1.84. The highest BCUT2D eigenvalue weighted by molar-refractivity contribution is 7.81. The number of quaternary nitrogens is 1. The van der Waals surface area contributed by atoms with Crippen molar-refractivity contribution >= 4 is 18.4 Å². The van der Waals surface area contributed by atoms with E-state index >= 15 is 0 Å². The molecule has 0 saturated heterocycles. The quantitative estimate of drug-likeness (QED) is 0.545. The highest BCUT2D eigenvalue weighted by atomic mass is 32.1. The number of rotatable bonds is 3. The molecule has 2 unspecified atom stereocenters. The average molecular weight is 200 g/mol. The second-order valence-corrected chi connectivity index (χ2v) is 4.25. The Labute approximate surface area is 83.3 Å². The van der Waals surface area contributed by atoms with Gasteiger partial charge in [0.25, 0.3) is 0 Å². The molecule has 72 valence electrons. The number of likely N-dealkylation sites (N-methyl/N-ethyl adjacent to an activating group) is 1. The van der Waals surface area contributed by atoms with Crippen LogP contribution in [0, 0.1) is 0 Å². The maximum Gasteiger partial charge on any atom is 0.202 e. The van der Waals surface area contributed by atoms with E-state index in [2.05, 4.69) is 23.0 Å². The molecule has 5 heteroatoms. The van der Waals surface area contributed by atoms with E-state index in [-0.39, 0.29) is 15.6 Å². The fourth-order valence-electron chi connectivity index (χ4n) is 1.15. The minimum absolute atomic E-state index is 0.0794. The number of hydrogen-bond donors (Lipinski definition) is 1. The fourth-order valence-corrected chi connectivity index (χ4v) is 1.23. The molecule has 0 fully saturated rings. The summed E-state index contributed by atoms with van der Waals surface area (Å²) in [5, 5.41) is 7.63. The molecule has 0 saturated carbocycles.